The number of allylic oxidation sites excluding steroid dienone is 3. The van der Waals surface area contributed by atoms with Crippen molar-refractivity contribution in [3.05, 3.63) is 53.6 Å². The lowest BCUT2D eigenvalue weighted by molar-refractivity contribution is -0.217. The summed E-state index contributed by atoms with van der Waals surface area (Å²) in [5.74, 6) is 3.35. The van der Waals surface area contributed by atoms with Gasteiger partial charge in [0.15, 0.2) is 6.29 Å². The van der Waals surface area contributed by atoms with Gasteiger partial charge in [-0.25, -0.2) is 0 Å². The van der Waals surface area contributed by atoms with Crippen molar-refractivity contribution in [2.45, 2.75) is 111 Å². The highest BCUT2D eigenvalue weighted by atomic mass is 16.6. The minimum Gasteiger partial charge on any atom is -0.364 e. The third-order valence-corrected chi connectivity index (χ3v) is 14.4. The second-order valence-electron chi connectivity index (χ2n) is 16.2. The van der Waals surface area contributed by atoms with Gasteiger partial charge < -0.3 is 15.6 Å². The Kier molecular flexibility index (Phi) is 6.66. The van der Waals surface area contributed by atoms with Crippen LogP contribution in [0.25, 0.3) is 5.57 Å². The third kappa shape index (κ3) is 3.72. The minimum atomic E-state index is -0.864. The van der Waals surface area contributed by atoms with E-state index in [9.17, 15) is 5.11 Å². The van der Waals surface area contributed by atoms with E-state index >= 15 is 0 Å². The van der Waals surface area contributed by atoms with Crippen molar-refractivity contribution >= 4 is 5.57 Å². The van der Waals surface area contributed by atoms with E-state index in [4.69, 9.17) is 10.5 Å². The lowest BCUT2D eigenvalue weighted by atomic mass is 9.33. The Morgan fingerprint density at radius 2 is 1.62 bits per heavy atom. The molecular weight excluding hydrogens is 490 g/mol. The van der Waals surface area contributed by atoms with E-state index in [-0.39, 0.29) is 11.0 Å². The van der Waals surface area contributed by atoms with E-state index in [2.05, 4.69) is 66.3 Å². The molecule has 0 saturated heterocycles. The monoisotopic (exact) mass is 545 g/mol. The highest BCUT2D eigenvalue weighted by Gasteiger charge is 2.70. The van der Waals surface area contributed by atoms with Gasteiger partial charge >= 0.3 is 0 Å². The topological polar surface area (TPSA) is 55.5 Å². The molecule has 3 nitrogen and oxygen atoms in total. The second-order valence-corrected chi connectivity index (χ2v) is 16.2. The fraction of sp³-hybridized carbons (Fsp3) is 0.730. The Hall–Kier alpha value is -1.42. The number of aliphatic hydroxyl groups excluding tert-OH is 1. The number of rotatable bonds is 4. The molecule has 6 rings (SSSR count). The quantitative estimate of drug-likeness (QED) is 0.294. The molecule has 0 aromatic heterocycles. The van der Waals surface area contributed by atoms with Crippen LogP contribution in [0.15, 0.2) is 42.5 Å². The zero-order valence-corrected chi connectivity index (χ0v) is 26.4. The molecule has 220 valence electrons. The smallest absolute Gasteiger partial charge is 0.180 e. The third-order valence-electron chi connectivity index (χ3n) is 14.4. The summed E-state index contributed by atoms with van der Waals surface area (Å²) >= 11 is 0. The summed E-state index contributed by atoms with van der Waals surface area (Å²) in [4.78, 5) is 0. The van der Waals surface area contributed by atoms with Crippen LogP contribution >= 0.6 is 0 Å². The van der Waals surface area contributed by atoms with Gasteiger partial charge in [-0.2, -0.15) is 0 Å². The first-order valence-electron chi connectivity index (χ1n) is 16.2. The van der Waals surface area contributed by atoms with Crippen LogP contribution in [0.5, 0.6) is 0 Å². The van der Waals surface area contributed by atoms with Crippen molar-refractivity contribution in [2.24, 2.45) is 57.0 Å². The van der Waals surface area contributed by atoms with E-state index in [1.165, 1.54) is 74.5 Å². The van der Waals surface area contributed by atoms with Gasteiger partial charge in [0.05, 0.1) is 0 Å². The van der Waals surface area contributed by atoms with Gasteiger partial charge in [-0.3, -0.25) is 0 Å². The first-order valence-corrected chi connectivity index (χ1v) is 16.2. The first kappa shape index (κ1) is 28.7. The molecule has 1 aromatic carbocycles. The predicted molar refractivity (Wildman–Crippen MR) is 165 cm³/mol. The van der Waals surface area contributed by atoms with Crippen LogP contribution in [0.2, 0.25) is 0 Å². The fourth-order valence-corrected chi connectivity index (χ4v) is 12.3. The molecule has 4 saturated carbocycles. The van der Waals surface area contributed by atoms with E-state index in [1.807, 2.05) is 12.1 Å². The van der Waals surface area contributed by atoms with Crippen LogP contribution in [0.1, 0.15) is 117 Å². The predicted octanol–water partition coefficient (Wildman–Crippen LogP) is 8.69. The second kappa shape index (κ2) is 9.29. The molecular formula is C37H55NO2. The molecule has 10 atom stereocenters. The number of hydrogen-bond acceptors (Lipinski definition) is 3. The lowest BCUT2D eigenvalue weighted by Crippen LogP contribution is -2.67. The van der Waals surface area contributed by atoms with Gasteiger partial charge in [-0.15, -0.1) is 0 Å². The summed E-state index contributed by atoms with van der Waals surface area (Å²) < 4.78 is 5.13. The maximum Gasteiger partial charge on any atom is 0.180 e. The number of nitrogens with two attached hydrogens (primary N) is 1. The van der Waals surface area contributed by atoms with Crippen molar-refractivity contribution in [3.63, 3.8) is 0 Å². The molecule has 0 radical (unpaired) electrons. The molecule has 5 aliphatic carbocycles. The number of benzene rings is 1. The Morgan fingerprint density at radius 1 is 0.925 bits per heavy atom. The molecule has 1 aromatic rings. The Labute approximate surface area is 244 Å². The number of hydrogen-bond donors (Lipinski definition) is 2. The molecule has 0 heterocycles. The van der Waals surface area contributed by atoms with Crippen LogP contribution in [-0.2, 0) is 4.74 Å². The number of fused-ring (bicyclic) bond motifs is 7. The summed E-state index contributed by atoms with van der Waals surface area (Å²) in [7, 11) is 1.54. The van der Waals surface area contributed by atoms with Crippen LogP contribution in [-0.4, -0.2) is 17.8 Å². The zero-order valence-electron chi connectivity index (χ0n) is 26.4. The van der Waals surface area contributed by atoms with Crippen LogP contribution in [0, 0.1) is 51.2 Å². The van der Waals surface area contributed by atoms with Crippen molar-refractivity contribution in [3.8, 4) is 0 Å². The molecule has 40 heavy (non-hydrogen) atoms. The molecule has 4 fully saturated rings. The summed E-state index contributed by atoms with van der Waals surface area (Å²) in [6, 6.07) is 8.42. The highest BCUT2D eigenvalue weighted by molar-refractivity contribution is 5.71. The molecule has 0 amide bonds. The average Bonchev–Trinajstić information content (AvgIpc) is 3.26. The van der Waals surface area contributed by atoms with Crippen molar-refractivity contribution in [1.82, 2.24) is 0 Å². The van der Waals surface area contributed by atoms with E-state index in [1.54, 1.807) is 7.11 Å². The van der Waals surface area contributed by atoms with Gasteiger partial charge in [-0.05, 0) is 127 Å². The lowest BCUT2D eigenvalue weighted by Gasteiger charge is -2.72. The highest BCUT2D eigenvalue weighted by Crippen LogP contribution is 2.76. The van der Waals surface area contributed by atoms with Crippen LogP contribution < -0.4 is 5.73 Å². The summed E-state index contributed by atoms with van der Waals surface area (Å²) in [5, 5.41) is 10.1. The van der Waals surface area contributed by atoms with E-state index in [0.29, 0.717) is 34.0 Å². The summed E-state index contributed by atoms with van der Waals surface area (Å²) in [6.07, 6.45) is 13.2. The van der Waals surface area contributed by atoms with Gasteiger partial charge in [0.25, 0.3) is 0 Å². The Balaban J connectivity index is 1.34. The first-order chi connectivity index (χ1) is 18.7. The molecule has 0 spiro atoms. The van der Waals surface area contributed by atoms with Gasteiger partial charge in [0.1, 0.15) is 0 Å². The largest absolute Gasteiger partial charge is 0.364 e. The fourth-order valence-electron chi connectivity index (χ4n) is 12.3. The average molecular weight is 546 g/mol. The van der Waals surface area contributed by atoms with E-state index < -0.39 is 6.29 Å². The maximum atomic E-state index is 10.1. The zero-order chi connectivity index (χ0) is 28.9. The van der Waals surface area contributed by atoms with E-state index in [0.717, 1.165) is 17.4 Å². The maximum absolute atomic E-state index is 10.1. The molecule has 0 bridgehead atoms. The van der Waals surface area contributed by atoms with Gasteiger partial charge in [0.2, 0.25) is 0 Å². The van der Waals surface area contributed by atoms with Gasteiger partial charge in [0, 0.05) is 18.2 Å². The van der Waals surface area contributed by atoms with Crippen molar-refractivity contribution in [2.75, 3.05) is 7.11 Å². The Morgan fingerprint density at radius 3 is 2.27 bits per heavy atom. The number of aliphatic hydroxyl groups is 1. The SMILES string of the molecule is C=C(C)[C@@H]1CC[C@]2(N)CC[C@]3(C)[C@H](CC[C@@H]4[C@@]5(C)CC=C(c6ccc(C(O)OC)cc6)C(C)(C)[C@@H]5CC[C@]43C)[C@@H]12. The Bertz CT molecular complexity index is 1200. The normalized spacial score (nSPS) is 46.3. The molecule has 3 N–H and O–H groups in total. The molecule has 5 aliphatic rings. The van der Waals surface area contributed by atoms with Crippen LogP contribution in [0.4, 0.5) is 0 Å². The molecule has 1 unspecified atom stereocenters. The minimum absolute atomic E-state index is 0.0252. The number of ether oxygens (including phenoxy) is 1. The molecule has 0 aliphatic heterocycles. The summed E-state index contributed by atoms with van der Waals surface area (Å²) in [6.45, 7) is 19.8. The number of methoxy groups -OCH3 is 1. The standard InChI is InChI=1S/C37H55NO2/c1-23(2)26-15-20-37(38)22-21-35(6)28(31(26)37)13-14-30-34(5)18-16-27(24-9-11-25(12-10-24)32(39)40-8)33(3,4)29(34)17-19-36(30,35)7/h9-12,16,26,28-32,39H,1,13-15,17-22,38H2,2-8H3/t26-,28+,29-,30+,31+,32?,34-,35+,36+,37-/m0/s1. The van der Waals surface area contributed by atoms with Crippen molar-refractivity contribution < 1.29 is 9.84 Å². The van der Waals surface area contributed by atoms with Crippen molar-refractivity contribution in [1.29, 1.82) is 0 Å². The van der Waals surface area contributed by atoms with Crippen LogP contribution in [0.3, 0.4) is 0 Å². The van der Waals surface area contributed by atoms with Gasteiger partial charge in [-0.1, -0.05) is 77.1 Å². The molecule has 3 heteroatoms. The summed E-state index contributed by atoms with van der Waals surface area (Å²) in [5.41, 5.74) is 13.4.